The van der Waals surface area contributed by atoms with Crippen LogP contribution < -0.4 is 10.5 Å². The van der Waals surface area contributed by atoms with Crippen LogP contribution in [-0.2, 0) is 4.74 Å². The van der Waals surface area contributed by atoms with Gasteiger partial charge in [-0.15, -0.1) is 0 Å². The first kappa shape index (κ1) is 13.9. The molecule has 0 spiro atoms. The van der Waals surface area contributed by atoms with Crippen molar-refractivity contribution in [3.05, 3.63) is 29.3 Å². The molecule has 2 rings (SSSR count). The number of ether oxygens (including phenoxy) is 2. The molecule has 1 fully saturated rings. The van der Waals surface area contributed by atoms with Crippen molar-refractivity contribution in [1.82, 2.24) is 0 Å². The molecular formula is C15H21NO3. The zero-order valence-electron chi connectivity index (χ0n) is 11.5. The van der Waals surface area contributed by atoms with Gasteiger partial charge in [0.25, 0.3) is 0 Å². The summed E-state index contributed by atoms with van der Waals surface area (Å²) in [5.41, 5.74) is 7.66. The van der Waals surface area contributed by atoms with Crippen LogP contribution in [0.1, 0.15) is 47.5 Å². The Kier molecular flexibility index (Phi) is 4.43. The third kappa shape index (κ3) is 3.07. The summed E-state index contributed by atoms with van der Waals surface area (Å²) in [4.78, 5) is 11.8. The zero-order valence-corrected chi connectivity index (χ0v) is 11.5. The SMILES string of the molecule is COC(=O)c1cc(C2CCCC(N)C2)ccc1OC. The summed E-state index contributed by atoms with van der Waals surface area (Å²) in [6, 6.07) is 6.01. The minimum absolute atomic E-state index is 0.266. The van der Waals surface area contributed by atoms with Crippen LogP contribution in [0.25, 0.3) is 0 Å². The lowest BCUT2D eigenvalue weighted by atomic mass is 9.81. The number of rotatable bonds is 3. The van der Waals surface area contributed by atoms with E-state index < -0.39 is 0 Å². The fourth-order valence-electron chi connectivity index (χ4n) is 2.78. The molecule has 1 aliphatic rings. The van der Waals surface area contributed by atoms with Crippen molar-refractivity contribution in [2.24, 2.45) is 5.73 Å². The molecule has 2 atom stereocenters. The highest BCUT2D eigenvalue weighted by molar-refractivity contribution is 5.92. The van der Waals surface area contributed by atoms with Crippen molar-refractivity contribution in [1.29, 1.82) is 0 Å². The Balaban J connectivity index is 2.29. The summed E-state index contributed by atoms with van der Waals surface area (Å²) >= 11 is 0. The molecule has 1 saturated carbocycles. The van der Waals surface area contributed by atoms with Crippen LogP contribution >= 0.6 is 0 Å². The molecule has 0 amide bonds. The van der Waals surface area contributed by atoms with E-state index >= 15 is 0 Å². The fraction of sp³-hybridized carbons (Fsp3) is 0.533. The number of nitrogens with two attached hydrogens (primary N) is 1. The molecular weight excluding hydrogens is 242 g/mol. The quantitative estimate of drug-likeness (QED) is 0.851. The zero-order chi connectivity index (χ0) is 13.8. The van der Waals surface area contributed by atoms with Gasteiger partial charge in [0, 0.05) is 6.04 Å². The summed E-state index contributed by atoms with van der Waals surface area (Å²) in [7, 11) is 2.93. The van der Waals surface area contributed by atoms with Crippen molar-refractivity contribution in [2.45, 2.75) is 37.6 Å². The molecule has 0 saturated heterocycles. The van der Waals surface area contributed by atoms with Crippen molar-refractivity contribution < 1.29 is 14.3 Å². The minimum atomic E-state index is -0.362. The lowest BCUT2D eigenvalue weighted by Crippen LogP contribution is -2.26. The van der Waals surface area contributed by atoms with E-state index in [9.17, 15) is 4.79 Å². The Hall–Kier alpha value is -1.55. The van der Waals surface area contributed by atoms with Gasteiger partial charge in [0.2, 0.25) is 0 Å². The number of methoxy groups -OCH3 is 2. The Labute approximate surface area is 113 Å². The van der Waals surface area contributed by atoms with E-state index in [0.29, 0.717) is 17.2 Å². The Morgan fingerprint density at radius 2 is 2.11 bits per heavy atom. The number of hydrogen-bond acceptors (Lipinski definition) is 4. The highest BCUT2D eigenvalue weighted by Gasteiger charge is 2.23. The van der Waals surface area contributed by atoms with E-state index in [0.717, 1.165) is 31.2 Å². The molecule has 0 bridgehead atoms. The standard InChI is InChI=1S/C15H21NO3/c1-18-14-7-6-11(9-13(14)15(17)19-2)10-4-3-5-12(16)8-10/h6-7,9-10,12H,3-5,8,16H2,1-2H3. The van der Waals surface area contributed by atoms with Gasteiger partial charge in [-0.25, -0.2) is 4.79 Å². The molecule has 1 aliphatic carbocycles. The van der Waals surface area contributed by atoms with E-state index in [2.05, 4.69) is 0 Å². The van der Waals surface area contributed by atoms with Crippen LogP contribution in [-0.4, -0.2) is 26.2 Å². The summed E-state index contributed by atoms with van der Waals surface area (Å²) < 4.78 is 10.0. The van der Waals surface area contributed by atoms with E-state index in [-0.39, 0.29) is 12.0 Å². The third-order valence-electron chi connectivity index (χ3n) is 3.82. The number of benzene rings is 1. The monoisotopic (exact) mass is 263 g/mol. The Morgan fingerprint density at radius 1 is 1.32 bits per heavy atom. The van der Waals surface area contributed by atoms with Crippen LogP contribution in [0.3, 0.4) is 0 Å². The molecule has 0 heterocycles. The summed E-state index contributed by atoms with van der Waals surface area (Å²) in [6.45, 7) is 0. The third-order valence-corrected chi connectivity index (χ3v) is 3.82. The van der Waals surface area contributed by atoms with Crippen molar-refractivity contribution in [3.63, 3.8) is 0 Å². The van der Waals surface area contributed by atoms with E-state index in [1.807, 2.05) is 18.2 Å². The summed E-state index contributed by atoms with van der Waals surface area (Å²) in [5.74, 6) is 0.618. The van der Waals surface area contributed by atoms with Crippen LogP contribution in [0.5, 0.6) is 5.75 Å². The first-order valence-corrected chi connectivity index (χ1v) is 6.67. The van der Waals surface area contributed by atoms with E-state index in [1.54, 1.807) is 7.11 Å². The molecule has 4 heteroatoms. The normalized spacial score (nSPS) is 22.9. The minimum Gasteiger partial charge on any atom is -0.496 e. The van der Waals surface area contributed by atoms with Crippen LogP contribution in [0.4, 0.5) is 0 Å². The molecule has 4 nitrogen and oxygen atoms in total. The second kappa shape index (κ2) is 6.06. The van der Waals surface area contributed by atoms with Gasteiger partial charge in [0.15, 0.2) is 0 Å². The van der Waals surface area contributed by atoms with Gasteiger partial charge in [-0.3, -0.25) is 0 Å². The molecule has 0 radical (unpaired) electrons. The predicted octanol–water partition coefficient (Wildman–Crippen LogP) is 2.47. The molecule has 1 aromatic carbocycles. The first-order chi connectivity index (χ1) is 9.15. The van der Waals surface area contributed by atoms with Crippen molar-refractivity contribution in [3.8, 4) is 5.75 Å². The van der Waals surface area contributed by atoms with Gasteiger partial charge < -0.3 is 15.2 Å². The van der Waals surface area contributed by atoms with Gasteiger partial charge in [0.1, 0.15) is 11.3 Å². The average Bonchev–Trinajstić information content (AvgIpc) is 2.45. The number of hydrogen-bond donors (Lipinski definition) is 1. The second-order valence-corrected chi connectivity index (χ2v) is 5.07. The molecule has 2 N–H and O–H groups in total. The largest absolute Gasteiger partial charge is 0.496 e. The van der Waals surface area contributed by atoms with E-state index in [4.69, 9.17) is 15.2 Å². The Morgan fingerprint density at radius 3 is 2.74 bits per heavy atom. The lowest BCUT2D eigenvalue weighted by Gasteiger charge is -2.27. The highest BCUT2D eigenvalue weighted by Crippen LogP contribution is 2.34. The smallest absolute Gasteiger partial charge is 0.341 e. The van der Waals surface area contributed by atoms with E-state index in [1.165, 1.54) is 7.11 Å². The first-order valence-electron chi connectivity index (χ1n) is 6.67. The fourth-order valence-corrected chi connectivity index (χ4v) is 2.78. The molecule has 0 aromatic heterocycles. The van der Waals surface area contributed by atoms with Gasteiger partial charge in [0.05, 0.1) is 14.2 Å². The molecule has 1 aromatic rings. The maximum absolute atomic E-state index is 11.8. The van der Waals surface area contributed by atoms with Crippen molar-refractivity contribution >= 4 is 5.97 Å². The number of carbonyl (C=O) groups is 1. The van der Waals surface area contributed by atoms with Gasteiger partial charge >= 0.3 is 5.97 Å². The Bertz CT molecular complexity index is 459. The van der Waals surface area contributed by atoms with Gasteiger partial charge in [-0.2, -0.15) is 0 Å². The molecule has 104 valence electrons. The lowest BCUT2D eigenvalue weighted by molar-refractivity contribution is 0.0597. The average molecular weight is 263 g/mol. The van der Waals surface area contributed by atoms with Crippen molar-refractivity contribution in [2.75, 3.05) is 14.2 Å². The maximum Gasteiger partial charge on any atom is 0.341 e. The van der Waals surface area contributed by atoms with Gasteiger partial charge in [-0.05, 0) is 42.9 Å². The maximum atomic E-state index is 11.8. The van der Waals surface area contributed by atoms with Gasteiger partial charge in [-0.1, -0.05) is 12.5 Å². The van der Waals surface area contributed by atoms with Crippen LogP contribution in [0, 0.1) is 0 Å². The molecule has 19 heavy (non-hydrogen) atoms. The highest BCUT2D eigenvalue weighted by atomic mass is 16.5. The number of esters is 1. The number of carbonyl (C=O) groups excluding carboxylic acids is 1. The molecule has 2 unspecified atom stereocenters. The summed E-state index contributed by atoms with van der Waals surface area (Å²) in [6.07, 6.45) is 4.34. The predicted molar refractivity (Wildman–Crippen MR) is 73.5 cm³/mol. The second-order valence-electron chi connectivity index (χ2n) is 5.07. The molecule has 0 aliphatic heterocycles. The van der Waals surface area contributed by atoms with Crippen LogP contribution in [0.15, 0.2) is 18.2 Å². The summed E-state index contributed by atoms with van der Waals surface area (Å²) in [5, 5.41) is 0. The van der Waals surface area contributed by atoms with Crippen LogP contribution in [0.2, 0.25) is 0 Å². The topological polar surface area (TPSA) is 61.5 Å².